The molecule has 0 rings (SSSR count). The quantitative estimate of drug-likeness (QED) is 0.528. The third-order valence-electron chi connectivity index (χ3n) is 3.82. The van der Waals surface area contributed by atoms with Gasteiger partial charge in [-0.1, -0.05) is 20.8 Å². The number of rotatable bonds is 9. The normalized spacial score (nSPS) is 17.1. The summed E-state index contributed by atoms with van der Waals surface area (Å²) in [6, 6.07) is 3.27. The zero-order chi connectivity index (χ0) is 16.2. The number of hydrogen-bond acceptors (Lipinski definition) is 3. The highest BCUT2D eigenvalue weighted by Crippen LogP contribution is 2.28. The molecule has 0 aromatic heterocycles. The standard InChI is InChI=1S/C13H36O3Si4/c1-11-17(4,5)14-19(8,9)16-20(10,13-3)15-18(6,7)12-2/h11-13H2,1-10H3. The second kappa shape index (κ2) is 7.34. The molecule has 0 amide bonds. The first kappa shape index (κ1) is 20.7. The first-order valence-electron chi connectivity index (χ1n) is 7.91. The van der Waals surface area contributed by atoms with Crippen LogP contribution in [0.15, 0.2) is 0 Å². The monoisotopic (exact) mass is 352 g/mol. The molecule has 0 spiro atoms. The molecule has 0 aliphatic heterocycles. The highest BCUT2D eigenvalue weighted by Gasteiger charge is 2.44. The van der Waals surface area contributed by atoms with E-state index in [0.717, 1.165) is 18.1 Å². The van der Waals surface area contributed by atoms with Crippen molar-refractivity contribution in [3.8, 4) is 0 Å². The van der Waals surface area contributed by atoms with Gasteiger partial charge in [-0.2, -0.15) is 0 Å². The van der Waals surface area contributed by atoms with Gasteiger partial charge in [-0.15, -0.1) is 0 Å². The molecule has 0 bridgehead atoms. The van der Waals surface area contributed by atoms with Gasteiger partial charge in [-0.25, -0.2) is 0 Å². The van der Waals surface area contributed by atoms with E-state index in [0.29, 0.717) is 0 Å². The largest absolute Gasteiger partial charge is 0.436 e. The van der Waals surface area contributed by atoms with Crippen LogP contribution in [0, 0.1) is 0 Å². The fourth-order valence-corrected chi connectivity index (χ4v) is 19.7. The Hall–Kier alpha value is 0.748. The van der Waals surface area contributed by atoms with Gasteiger partial charge in [0.25, 0.3) is 0 Å². The summed E-state index contributed by atoms with van der Waals surface area (Å²) in [6.07, 6.45) is 0. The summed E-state index contributed by atoms with van der Waals surface area (Å²) in [7, 11) is -7.38. The maximum atomic E-state index is 6.55. The molecule has 0 aromatic rings. The topological polar surface area (TPSA) is 27.7 Å². The summed E-state index contributed by atoms with van der Waals surface area (Å²) in [6.45, 7) is 22.4. The van der Waals surface area contributed by atoms with Crippen LogP contribution in [-0.4, -0.2) is 33.8 Å². The van der Waals surface area contributed by atoms with Crippen molar-refractivity contribution in [1.82, 2.24) is 0 Å². The lowest BCUT2D eigenvalue weighted by molar-refractivity contribution is 0.323. The molecular formula is C13H36O3Si4. The van der Waals surface area contributed by atoms with Crippen LogP contribution in [0.5, 0.6) is 0 Å². The average molecular weight is 353 g/mol. The smallest absolute Gasteiger partial charge is 0.315 e. The molecule has 1 atom stereocenters. The van der Waals surface area contributed by atoms with Gasteiger partial charge in [0, 0.05) is 0 Å². The SMILES string of the molecule is CC[Si](C)(C)O[Si](C)(C)O[Si](C)(CC)O[Si](C)(C)CC. The Morgan fingerprint density at radius 1 is 0.550 bits per heavy atom. The Labute approximate surface area is 131 Å². The van der Waals surface area contributed by atoms with E-state index in [1.54, 1.807) is 0 Å². The van der Waals surface area contributed by atoms with Crippen molar-refractivity contribution < 1.29 is 12.3 Å². The molecule has 0 aliphatic carbocycles. The minimum Gasteiger partial charge on any atom is -0.436 e. The van der Waals surface area contributed by atoms with Crippen LogP contribution in [0.2, 0.25) is 64.0 Å². The number of hydrogen-bond donors (Lipinski definition) is 0. The highest BCUT2D eigenvalue weighted by atomic mass is 28.5. The van der Waals surface area contributed by atoms with Crippen LogP contribution in [0.3, 0.4) is 0 Å². The lowest BCUT2D eigenvalue weighted by Gasteiger charge is -2.42. The van der Waals surface area contributed by atoms with Gasteiger partial charge in [0.2, 0.25) is 0 Å². The van der Waals surface area contributed by atoms with E-state index in [1.165, 1.54) is 0 Å². The van der Waals surface area contributed by atoms with Gasteiger partial charge in [-0.05, 0) is 64.0 Å². The average Bonchev–Trinajstić information content (AvgIpc) is 2.26. The molecule has 122 valence electrons. The van der Waals surface area contributed by atoms with Gasteiger partial charge < -0.3 is 12.3 Å². The Balaban J connectivity index is 4.93. The molecule has 20 heavy (non-hydrogen) atoms. The molecule has 3 nitrogen and oxygen atoms in total. The summed E-state index contributed by atoms with van der Waals surface area (Å²) in [5, 5.41) is 0. The molecule has 7 heteroatoms. The first-order chi connectivity index (χ1) is 8.80. The molecule has 0 saturated heterocycles. The lowest BCUT2D eigenvalue weighted by atomic mass is 11.0. The predicted octanol–water partition coefficient (Wildman–Crippen LogP) is 5.28. The van der Waals surface area contributed by atoms with Crippen LogP contribution >= 0.6 is 0 Å². The van der Waals surface area contributed by atoms with Crippen molar-refractivity contribution >= 4 is 33.8 Å². The third-order valence-corrected chi connectivity index (χ3v) is 20.3. The van der Waals surface area contributed by atoms with Gasteiger partial charge in [0.15, 0.2) is 16.6 Å². The van der Waals surface area contributed by atoms with Crippen molar-refractivity contribution in [2.24, 2.45) is 0 Å². The maximum Gasteiger partial charge on any atom is 0.315 e. The molecule has 0 radical (unpaired) electrons. The van der Waals surface area contributed by atoms with Crippen LogP contribution in [0.1, 0.15) is 20.8 Å². The molecule has 0 saturated carbocycles. The van der Waals surface area contributed by atoms with E-state index in [4.69, 9.17) is 12.3 Å². The molecule has 0 aromatic carbocycles. The van der Waals surface area contributed by atoms with Crippen molar-refractivity contribution in [2.45, 2.75) is 84.7 Å². The highest BCUT2D eigenvalue weighted by molar-refractivity contribution is 6.89. The predicted molar refractivity (Wildman–Crippen MR) is 98.8 cm³/mol. The molecule has 0 fully saturated rings. The van der Waals surface area contributed by atoms with Gasteiger partial charge >= 0.3 is 17.1 Å². The Bertz CT molecular complexity index is 308. The van der Waals surface area contributed by atoms with Crippen LogP contribution < -0.4 is 0 Å². The van der Waals surface area contributed by atoms with Crippen molar-refractivity contribution in [3.05, 3.63) is 0 Å². The van der Waals surface area contributed by atoms with Crippen molar-refractivity contribution in [2.75, 3.05) is 0 Å². The zero-order valence-corrected chi connectivity index (χ0v) is 19.3. The molecule has 0 N–H and O–H groups in total. The first-order valence-corrected chi connectivity index (χ1v) is 19.5. The molecule has 0 aliphatic rings. The lowest BCUT2D eigenvalue weighted by Crippen LogP contribution is -2.57. The minimum atomic E-state index is -2.11. The molecule has 0 heterocycles. The molecule has 1 unspecified atom stereocenters. The zero-order valence-electron chi connectivity index (χ0n) is 15.3. The summed E-state index contributed by atoms with van der Waals surface area (Å²) >= 11 is 0. The van der Waals surface area contributed by atoms with Gasteiger partial charge in [-0.3, -0.25) is 0 Å². The van der Waals surface area contributed by atoms with E-state index < -0.39 is 33.8 Å². The Morgan fingerprint density at radius 2 is 0.950 bits per heavy atom. The second-order valence-corrected chi connectivity index (χ2v) is 24.1. The van der Waals surface area contributed by atoms with Crippen LogP contribution in [-0.2, 0) is 12.3 Å². The molecular weight excluding hydrogens is 316 g/mol. The van der Waals surface area contributed by atoms with Crippen LogP contribution in [0.4, 0.5) is 0 Å². The van der Waals surface area contributed by atoms with E-state index in [2.05, 4.69) is 66.6 Å². The van der Waals surface area contributed by atoms with Crippen molar-refractivity contribution in [1.29, 1.82) is 0 Å². The van der Waals surface area contributed by atoms with Crippen LogP contribution in [0.25, 0.3) is 0 Å². The van der Waals surface area contributed by atoms with Crippen molar-refractivity contribution in [3.63, 3.8) is 0 Å². The summed E-state index contributed by atoms with van der Waals surface area (Å²) < 4.78 is 19.5. The van der Waals surface area contributed by atoms with Gasteiger partial charge in [0.1, 0.15) is 0 Å². The fourth-order valence-electron chi connectivity index (χ4n) is 2.10. The summed E-state index contributed by atoms with van der Waals surface area (Å²) in [5.41, 5.74) is 0. The second-order valence-electron chi connectivity index (χ2n) is 7.42. The Kier molecular flexibility index (Phi) is 7.62. The van der Waals surface area contributed by atoms with E-state index >= 15 is 0 Å². The third kappa shape index (κ3) is 7.67. The maximum absolute atomic E-state index is 6.55. The van der Waals surface area contributed by atoms with Gasteiger partial charge in [0.05, 0.1) is 0 Å². The minimum absolute atomic E-state index is 0.997. The summed E-state index contributed by atoms with van der Waals surface area (Å²) in [5.74, 6) is 0. The van der Waals surface area contributed by atoms with E-state index in [-0.39, 0.29) is 0 Å². The van der Waals surface area contributed by atoms with E-state index in [1.807, 2.05) is 0 Å². The fraction of sp³-hybridized carbons (Fsp3) is 1.00. The summed E-state index contributed by atoms with van der Waals surface area (Å²) in [4.78, 5) is 0. The Morgan fingerprint density at radius 3 is 1.30 bits per heavy atom. The van der Waals surface area contributed by atoms with E-state index in [9.17, 15) is 0 Å².